The molecular formula is C20H24FN3O3. The summed E-state index contributed by atoms with van der Waals surface area (Å²) in [4.78, 5) is 18.2. The molecule has 1 amide bonds. The Morgan fingerprint density at radius 1 is 1.44 bits per heavy atom. The number of carbonyl (C=O) groups excluding carboxylic acids is 1. The molecule has 2 atom stereocenters. The Kier molecular flexibility index (Phi) is 4.86. The van der Waals surface area contributed by atoms with E-state index in [0.717, 1.165) is 31.4 Å². The van der Waals surface area contributed by atoms with E-state index < -0.39 is 5.82 Å². The van der Waals surface area contributed by atoms with Gasteiger partial charge in [0.05, 0.1) is 31.5 Å². The van der Waals surface area contributed by atoms with E-state index in [1.807, 2.05) is 0 Å². The van der Waals surface area contributed by atoms with E-state index in [2.05, 4.69) is 9.88 Å². The molecule has 1 fully saturated rings. The van der Waals surface area contributed by atoms with Crippen LogP contribution in [0.25, 0.3) is 10.9 Å². The predicted molar refractivity (Wildman–Crippen MR) is 99.3 cm³/mol. The zero-order chi connectivity index (χ0) is 19.0. The fourth-order valence-corrected chi connectivity index (χ4v) is 4.29. The molecule has 2 aromatic rings. The van der Waals surface area contributed by atoms with Gasteiger partial charge in [-0.1, -0.05) is 6.42 Å². The molecule has 0 aliphatic carbocycles. The Labute approximate surface area is 157 Å². The molecule has 1 aromatic heterocycles. The van der Waals surface area contributed by atoms with Crippen molar-refractivity contribution in [1.82, 2.24) is 9.88 Å². The van der Waals surface area contributed by atoms with Crippen molar-refractivity contribution >= 4 is 16.8 Å². The highest BCUT2D eigenvalue weighted by Crippen LogP contribution is 2.37. The first-order valence-electron chi connectivity index (χ1n) is 9.38. The van der Waals surface area contributed by atoms with Crippen LogP contribution >= 0.6 is 0 Å². The maximum absolute atomic E-state index is 14.9. The van der Waals surface area contributed by atoms with Crippen LogP contribution in [-0.2, 0) is 11.2 Å². The highest BCUT2D eigenvalue weighted by molar-refractivity contribution is 5.86. The number of nitrogens with two attached hydrogens (primary N) is 1. The minimum atomic E-state index is -0.406. The Morgan fingerprint density at radius 2 is 2.30 bits per heavy atom. The van der Waals surface area contributed by atoms with Crippen LogP contribution in [0.3, 0.4) is 0 Å². The van der Waals surface area contributed by atoms with Crippen molar-refractivity contribution in [3.8, 4) is 11.5 Å². The number of piperidine rings is 1. The number of benzene rings is 1. The van der Waals surface area contributed by atoms with Crippen LogP contribution in [0.4, 0.5) is 4.39 Å². The highest BCUT2D eigenvalue weighted by Gasteiger charge is 2.31. The van der Waals surface area contributed by atoms with Gasteiger partial charge < -0.3 is 15.2 Å². The average molecular weight is 373 g/mol. The van der Waals surface area contributed by atoms with Crippen molar-refractivity contribution in [3.63, 3.8) is 0 Å². The van der Waals surface area contributed by atoms with Gasteiger partial charge in [0.2, 0.25) is 5.91 Å². The summed E-state index contributed by atoms with van der Waals surface area (Å²) in [6.45, 7) is 2.09. The van der Waals surface area contributed by atoms with Gasteiger partial charge in [0, 0.05) is 23.4 Å². The normalized spacial score (nSPS) is 22.9. The minimum Gasteiger partial charge on any atom is -0.494 e. The number of nitrogens with zero attached hydrogens (tertiary/aromatic N) is 2. The van der Waals surface area contributed by atoms with Gasteiger partial charge in [0.25, 0.3) is 0 Å². The van der Waals surface area contributed by atoms with Crippen LogP contribution in [0.1, 0.15) is 24.8 Å². The van der Waals surface area contributed by atoms with E-state index in [-0.39, 0.29) is 23.6 Å². The lowest BCUT2D eigenvalue weighted by atomic mass is 9.92. The third kappa shape index (κ3) is 3.32. The molecule has 144 valence electrons. The molecule has 2 unspecified atom stereocenters. The summed E-state index contributed by atoms with van der Waals surface area (Å²) in [5.41, 5.74) is 6.99. The second kappa shape index (κ2) is 7.31. The van der Waals surface area contributed by atoms with E-state index in [0.29, 0.717) is 36.2 Å². The number of aromatic nitrogens is 1. The molecular weight excluding hydrogens is 349 g/mol. The number of methoxy groups -OCH3 is 1. The van der Waals surface area contributed by atoms with Crippen molar-refractivity contribution < 1.29 is 18.7 Å². The summed E-state index contributed by atoms with van der Waals surface area (Å²) >= 11 is 0. The lowest BCUT2D eigenvalue weighted by molar-refractivity contribution is -0.124. The molecule has 0 spiro atoms. The average Bonchev–Trinajstić information content (AvgIpc) is 2.68. The summed E-state index contributed by atoms with van der Waals surface area (Å²) in [7, 11) is 1.45. The molecule has 2 aliphatic heterocycles. The Hall–Kier alpha value is -2.41. The maximum atomic E-state index is 14.9. The van der Waals surface area contributed by atoms with Gasteiger partial charge in [-0.25, -0.2) is 4.39 Å². The molecule has 3 heterocycles. The van der Waals surface area contributed by atoms with E-state index in [4.69, 9.17) is 15.2 Å². The van der Waals surface area contributed by atoms with E-state index >= 15 is 0 Å². The van der Waals surface area contributed by atoms with Crippen LogP contribution in [0.5, 0.6) is 11.5 Å². The molecule has 0 radical (unpaired) electrons. The largest absolute Gasteiger partial charge is 0.494 e. The topological polar surface area (TPSA) is 77.7 Å². The van der Waals surface area contributed by atoms with Gasteiger partial charge in [-0.3, -0.25) is 14.7 Å². The van der Waals surface area contributed by atoms with Crippen molar-refractivity contribution in [2.45, 2.75) is 31.7 Å². The Morgan fingerprint density at radius 3 is 3.07 bits per heavy atom. The van der Waals surface area contributed by atoms with Crippen molar-refractivity contribution in [1.29, 1.82) is 0 Å². The number of hydrogen-bond donors (Lipinski definition) is 1. The molecule has 27 heavy (non-hydrogen) atoms. The number of halogens is 1. The number of amides is 1. The number of ether oxygens (including phenoxy) is 2. The van der Waals surface area contributed by atoms with E-state index in [1.165, 1.54) is 7.11 Å². The zero-order valence-corrected chi connectivity index (χ0v) is 15.4. The number of likely N-dealkylation sites (tertiary alicyclic amines) is 1. The van der Waals surface area contributed by atoms with Crippen LogP contribution in [0.2, 0.25) is 0 Å². The van der Waals surface area contributed by atoms with Gasteiger partial charge in [0.1, 0.15) is 5.75 Å². The van der Waals surface area contributed by atoms with Gasteiger partial charge in [-0.2, -0.15) is 0 Å². The summed E-state index contributed by atoms with van der Waals surface area (Å²) in [5, 5.41) is 0.460. The van der Waals surface area contributed by atoms with Gasteiger partial charge in [-0.05, 0) is 37.9 Å². The third-order valence-electron chi connectivity index (χ3n) is 5.63. The standard InChI is InChI=1S/C20H24FN3O3/c1-26-16-6-5-14-18(19(16)21)13-8-12(11-27-17(13)9-23-14)10-24-7-3-2-4-15(24)20(22)25/h5-6,9,12,15H,2-4,7-8,10-11H2,1H3,(H2,22,25). The fraction of sp³-hybridized carbons (Fsp3) is 0.500. The maximum Gasteiger partial charge on any atom is 0.234 e. The number of pyridine rings is 1. The molecule has 0 bridgehead atoms. The molecule has 2 N–H and O–H groups in total. The van der Waals surface area contributed by atoms with E-state index in [9.17, 15) is 9.18 Å². The van der Waals surface area contributed by atoms with Crippen LogP contribution in [0.15, 0.2) is 18.3 Å². The lowest BCUT2D eigenvalue weighted by Crippen LogP contribution is -2.50. The number of fused-ring (bicyclic) bond motifs is 3. The fourth-order valence-electron chi connectivity index (χ4n) is 4.29. The number of carbonyl (C=O) groups is 1. The lowest BCUT2D eigenvalue weighted by Gasteiger charge is -2.37. The molecule has 1 saturated heterocycles. The predicted octanol–water partition coefficient (Wildman–Crippen LogP) is 2.27. The van der Waals surface area contributed by atoms with Crippen LogP contribution in [0, 0.1) is 11.7 Å². The third-order valence-corrected chi connectivity index (χ3v) is 5.63. The number of hydrogen-bond acceptors (Lipinski definition) is 5. The first-order valence-corrected chi connectivity index (χ1v) is 9.38. The van der Waals surface area contributed by atoms with Crippen LogP contribution in [-0.4, -0.2) is 48.6 Å². The molecule has 1 aromatic carbocycles. The van der Waals surface area contributed by atoms with Crippen molar-refractivity contribution in [2.75, 3.05) is 26.8 Å². The van der Waals surface area contributed by atoms with Crippen molar-refractivity contribution in [2.24, 2.45) is 11.7 Å². The minimum absolute atomic E-state index is 0.161. The molecule has 0 saturated carbocycles. The monoisotopic (exact) mass is 373 g/mol. The van der Waals surface area contributed by atoms with E-state index in [1.54, 1.807) is 18.3 Å². The van der Waals surface area contributed by atoms with Crippen molar-refractivity contribution in [3.05, 3.63) is 29.7 Å². The second-order valence-corrected chi connectivity index (χ2v) is 7.37. The second-order valence-electron chi connectivity index (χ2n) is 7.37. The molecule has 4 rings (SSSR count). The Balaban J connectivity index is 1.63. The van der Waals surface area contributed by atoms with Gasteiger partial charge in [-0.15, -0.1) is 0 Å². The van der Waals surface area contributed by atoms with Gasteiger partial charge in [0.15, 0.2) is 11.6 Å². The summed E-state index contributed by atoms with van der Waals surface area (Å²) in [6, 6.07) is 3.13. The summed E-state index contributed by atoms with van der Waals surface area (Å²) < 4.78 is 25.9. The zero-order valence-electron chi connectivity index (χ0n) is 15.4. The smallest absolute Gasteiger partial charge is 0.234 e. The Bertz CT molecular complexity index is 868. The van der Waals surface area contributed by atoms with Crippen LogP contribution < -0.4 is 15.2 Å². The molecule has 7 heteroatoms. The first kappa shape index (κ1) is 18.0. The summed E-state index contributed by atoms with van der Waals surface area (Å²) in [5.74, 6) is 0.308. The molecule has 6 nitrogen and oxygen atoms in total. The quantitative estimate of drug-likeness (QED) is 0.890. The number of primary amides is 1. The van der Waals surface area contributed by atoms with Gasteiger partial charge >= 0.3 is 0 Å². The molecule has 2 aliphatic rings. The summed E-state index contributed by atoms with van der Waals surface area (Å²) in [6.07, 6.45) is 5.22. The highest BCUT2D eigenvalue weighted by atomic mass is 19.1. The number of rotatable bonds is 4. The SMILES string of the molecule is COc1ccc2ncc3c(c2c1F)CC(CN1CCCCC1C(N)=O)CO3. The first-order chi connectivity index (χ1) is 13.1.